The highest BCUT2D eigenvalue weighted by Crippen LogP contribution is 2.17. The van der Waals surface area contributed by atoms with Crippen LogP contribution < -0.4 is 10.6 Å². The molecule has 0 heterocycles. The third-order valence-corrected chi connectivity index (χ3v) is 2.70. The molecule has 2 amide bonds. The minimum Gasteiger partial charge on any atom is -0.480 e. The number of aliphatic carboxylic acids is 1. The van der Waals surface area contributed by atoms with E-state index >= 15 is 0 Å². The minimum atomic E-state index is -1.01. The average Bonchev–Trinajstić information content (AvgIpc) is 2.22. The molecule has 0 bridgehead atoms. The fourth-order valence-corrected chi connectivity index (χ4v) is 0.992. The summed E-state index contributed by atoms with van der Waals surface area (Å²) in [7, 11) is 0. The van der Waals surface area contributed by atoms with E-state index in [1.165, 1.54) is 0 Å². The number of nitrogens with one attached hydrogen (secondary N) is 2. The first-order valence-corrected chi connectivity index (χ1v) is 5.59. The van der Waals surface area contributed by atoms with Crippen LogP contribution in [-0.2, 0) is 4.79 Å². The van der Waals surface area contributed by atoms with Crippen LogP contribution >= 0.6 is 0 Å². The SMILES string of the molecule is CC[C@H](NC(=O)NCC(C)(C)CC)C(=O)O. The zero-order valence-electron chi connectivity index (χ0n) is 10.5. The molecule has 0 saturated heterocycles. The zero-order valence-corrected chi connectivity index (χ0v) is 10.5. The molecule has 16 heavy (non-hydrogen) atoms. The van der Waals surface area contributed by atoms with Gasteiger partial charge in [-0.05, 0) is 18.3 Å². The van der Waals surface area contributed by atoms with Crippen molar-refractivity contribution in [3.63, 3.8) is 0 Å². The largest absolute Gasteiger partial charge is 0.480 e. The van der Waals surface area contributed by atoms with Gasteiger partial charge in [0.05, 0.1) is 0 Å². The number of rotatable bonds is 6. The van der Waals surface area contributed by atoms with E-state index in [1.54, 1.807) is 6.92 Å². The van der Waals surface area contributed by atoms with Gasteiger partial charge in [0.15, 0.2) is 0 Å². The summed E-state index contributed by atoms with van der Waals surface area (Å²) in [4.78, 5) is 22.1. The molecule has 0 radical (unpaired) electrons. The van der Waals surface area contributed by atoms with Crippen LogP contribution in [0.5, 0.6) is 0 Å². The molecular weight excluding hydrogens is 208 g/mol. The van der Waals surface area contributed by atoms with Crippen LogP contribution in [0.25, 0.3) is 0 Å². The molecule has 0 aromatic carbocycles. The highest BCUT2D eigenvalue weighted by molar-refractivity contribution is 5.82. The lowest BCUT2D eigenvalue weighted by Gasteiger charge is -2.23. The number of hydrogen-bond acceptors (Lipinski definition) is 2. The van der Waals surface area contributed by atoms with Crippen LogP contribution in [0.1, 0.15) is 40.5 Å². The minimum absolute atomic E-state index is 0.0300. The lowest BCUT2D eigenvalue weighted by atomic mass is 9.90. The van der Waals surface area contributed by atoms with Crippen molar-refractivity contribution in [3.8, 4) is 0 Å². The summed E-state index contributed by atoms with van der Waals surface area (Å²) >= 11 is 0. The van der Waals surface area contributed by atoms with Gasteiger partial charge in [0.25, 0.3) is 0 Å². The Morgan fingerprint density at radius 1 is 1.31 bits per heavy atom. The van der Waals surface area contributed by atoms with Crippen LogP contribution in [0, 0.1) is 5.41 Å². The fourth-order valence-electron chi connectivity index (χ4n) is 0.992. The van der Waals surface area contributed by atoms with Gasteiger partial charge < -0.3 is 15.7 Å². The van der Waals surface area contributed by atoms with E-state index in [0.717, 1.165) is 6.42 Å². The Bertz CT molecular complexity index is 252. The summed E-state index contributed by atoms with van der Waals surface area (Å²) in [6.45, 7) is 8.38. The third kappa shape index (κ3) is 5.58. The van der Waals surface area contributed by atoms with Crippen molar-refractivity contribution in [1.82, 2.24) is 10.6 Å². The molecule has 0 aliphatic rings. The van der Waals surface area contributed by atoms with Crippen LogP contribution in [0.3, 0.4) is 0 Å². The van der Waals surface area contributed by atoms with Crippen molar-refractivity contribution in [2.75, 3.05) is 6.54 Å². The van der Waals surface area contributed by atoms with Crippen molar-refractivity contribution in [3.05, 3.63) is 0 Å². The molecule has 0 saturated carbocycles. The van der Waals surface area contributed by atoms with Crippen molar-refractivity contribution in [2.24, 2.45) is 5.41 Å². The maximum absolute atomic E-state index is 11.4. The molecule has 0 spiro atoms. The fraction of sp³-hybridized carbons (Fsp3) is 0.818. The Balaban J connectivity index is 4.04. The van der Waals surface area contributed by atoms with E-state index in [2.05, 4.69) is 10.6 Å². The Morgan fingerprint density at radius 3 is 2.25 bits per heavy atom. The number of carboxylic acids is 1. The van der Waals surface area contributed by atoms with Gasteiger partial charge in [-0.25, -0.2) is 9.59 Å². The van der Waals surface area contributed by atoms with Gasteiger partial charge >= 0.3 is 12.0 Å². The predicted octanol–water partition coefficient (Wildman–Crippen LogP) is 1.58. The topological polar surface area (TPSA) is 78.4 Å². The molecule has 3 N–H and O–H groups in total. The molecule has 0 aromatic rings. The molecule has 0 aromatic heterocycles. The third-order valence-electron chi connectivity index (χ3n) is 2.70. The number of amides is 2. The number of carbonyl (C=O) groups is 2. The van der Waals surface area contributed by atoms with Crippen LogP contribution in [-0.4, -0.2) is 29.7 Å². The highest BCUT2D eigenvalue weighted by Gasteiger charge is 2.20. The van der Waals surface area contributed by atoms with Crippen LogP contribution in [0.15, 0.2) is 0 Å². The van der Waals surface area contributed by atoms with Gasteiger partial charge in [0, 0.05) is 6.54 Å². The highest BCUT2D eigenvalue weighted by atomic mass is 16.4. The monoisotopic (exact) mass is 230 g/mol. The lowest BCUT2D eigenvalue weighted by Crippen LogP contribution is -2.47. The summed E-state index contributed by atoms with van der Waals surface area (Å²) in [6.07, 6.45) is 1.32. The quantitative estimate of drug-likeness (QED) is 0.648. The summed E-state index contributed by atoms with van der Waals surface area (Å²) in [5, 5.41) is 13.8. The van der Waals surface area contributed by atoms with E-state index in [0.29, 0.717) is 13.0 Å². The van der Waals surface area contributed by atoms with Crippen molar-refractivity contribution < 1.29 is 14.7 Å². The second-order valence-corrected chi connectivity index (χ2v) is 4.64. The first-order chi connectivity index (χ1) is 7.32. The van der Waals surface area contributed by atoms with Gasteiger partial charge in [-0.2, -0.15) is 0 Å². The molecule has 0 unspecified atom stereocenters. The van der Waals surface area contributed by atoms with Gasteiger partial charge in [0.2, 0.25) is 0 Å². The van der Waals surface area contributed by atoms with Crippen molar-refractivity contribution >= 4 is 12.0 Å². The second-order valence-electron chi connectivity index (χ2n) is 4.64. The number of hydrogen-bond donors (Lipinski definition) is 3. The summed E-state index contributed by atoms with van der Waals surface area (Å²) < 4.78 is 0. The van der Waals surface area contributed by atoms with Gasteiger partial charge in [0.1, 0.15) is 6.04 Å². The molecule has 0 rings (SSSR count). The molecule has 0 aliphatic heterocycles. The zero-order chi connectivity index (χ0) is 12.8. The standard InChI is InChI=1S/C11H22N2O3/c1-5-8(9(14)15)13-10(16)12-7-11(3,4)6-2/h8H,5-7H2,1-4H3,(H,14,15)(H2,12,13,16)/t8-/m0/s1. The molecule has 5 nitrogen and oxygen atoms in total. The smallest absolute Gasteiger partial charge is 0.326 e. The molecule has 94 valence electrons. The number of carboxylic acid groups (broad SMARTS) is 1. The van der Waals surface area contributed by atoms with Gasteiger partial charge in [-0.3, -0.25) is 0 Å². The van der Waals surface area contributed by atoms with Gasteiger partial charge in [-0.15, -0.1) is 0 Å². The summed E-state index contributed by atoms with van der Waals surface area (Å²) in [5.74, 6) is -1.01. The van der Waals surface area contributed by atoms with E-state index in [4.69, 9.17) is 5.11 Å². The predicted molar refractivity (Wildman–Crippen MR) is 62.3 cm³/mol. The van der Waals surface area contributed by atoms with E-state index in [9.17, 15) is 9.59 Å². The maximum Gasteiger partial charge on any atom is 0.326 e. The van der Waals surface area contributed by atoms with E-state index in [1.807, 2.05) is 20.8 Å². The lowest BCUT2D eigenvalue weighted by molar-refractivity contribution is -0.139. The Hall–Kier alpha value is -1.26. The van der Waals surface area contributed by atoms with Crippen LogP contribution in [0.4, 0.5) is 4.79 Å². The van der Waals surface area contributed by atoms with E-state index < -0.39 is 18.0 Å². The maximum atomic E-state index is 11.4. The van der Waals surface area contributed by atoms with Gasteiger partial charge in [-0.1, -0.05) is 27.7 Å². The Morgan fingerprint density at radius 2 is 1.88 bits per heavy atom. The molecular formula is C11H22N2O3. The second kappa shape index (κ2) is 6.35. The summed E-state index contributed by atoms with van der Waals surface area (Å²) in [6, 6.07) is -1.24. The number of carbonyl (C=O) groups excluding carboxylic acids is 1. The normalized spacial score (nSPS) is 13.0. The molecule has 0 aliphatic carbocycles. The molecule has 1 atom stereocenters. The average molecular weight is 230 g/mol. The molecule has 5 heteroatoms. The summed E-state index contributed by atoms with van der Waals surface area (Å²) in [5.41, 5.74) is 0.0300. The van der Waals surface area contributed by atoms with E-state index in [-0.39, 0.29) is 5.41 Å². The van der Waals surface area contributed by atoms with Crippen LogP contribution in [0.2, 0.25) is 0 Å². The first-order valence-electron chi connectivity index (χ1n) is 5.59. The Kier molecular flexibility index (Phi) is 5.85. The Labute approximate surface area is 96.6 Å². The number of urea groups is 1. The first kappa shape index (κ1) is 14.7. The molecule has 0 fully saturated rings. The van der Waals surface area contributed by atoms with Crippen molar-refractivity contribution in [1.29, 1.82) is 0 Å². The van der Waals surface area contributed by atoms with Crippen molar-refractivity contribution in [2.45, 2.75) is 46.6 Å².